The maximum absolute atomic E-state index is 16.0. The van der Waals surface area contributed by atoms with Crippen molar-refractivity contribution in [3.63, 3.8) is 0 Å². The van der Waals surface area contributed by atoms with E-state index in [1.807, 2.05) is 0 Å². The second kappa shape index (κ2) is 76.8. The van der Waals surface area contributed by atoms with Gasteiger partial charge in [0.2, 0.25) is 0 Å². The molecule has 0 aromatic heterocycles. The highest BCUT2D eigenvalue weighted by molar-refractivity contribution is 5.70. The van der Waals surface area contributed by atoms with Crippen LogP contribution in [-0.2, 0) is 9.47 Å². The molecular weight excluding hydrogens is 1340 g/mol. The second-order valence-corrected chi connectivity index (χ2v) is 39.0. The molecule has 1 amide bonds. The Labute approximate surface area is 694 Å². The summed E-state index contributed by atoms with van der Waals surface area (Å²) in [6.07, 6.45) is 120. The quantitative estimate of drug-likeness (QED) is 0.0617. The summed E-state index contributed by atoms with van der Waals surface area (Å²) in [6.45, 7) is 19.1. The summed E-state index contributed by atoms with van der Waals surface area (Å²) >= 11 is 0. The number of amides is 1. The Morgan fingerprint density at radius 2 is 0.482 bits per heavy atom. The van der Waals surface area contributed by atoms with Gasteiger partial charge in [-0.05, 0) is 78.1 Å². The first-order valence-electron chi connectivity index (χ1n) is 52.3. The zero-order valence-corrected chi connectivity index (χ0v) is 77.4. The number of carbonyl (C=O) groups is 1. The summed E-state index contributed by atoms with van der Waals surface area (Å²) in [6, 6.07) is 0. The molecule has 2 aliphatic rings. The zero-order chi connectivity index (χ0) is 79.4. The van der Waals surface area contributed by atoms with Crippen LogP contribution in [0.2, 0.25) is 0 Å². The number of aliphatic hydroxyl groups excluding tert-OH is 1. The minimum Gasteiger partial charge on any atom is -0.444 e. The Hall–Kier alpha value is -0.810. The van der Waals surface area contributed by atoms with Gasteiger partial charge in [-0.15, -0.1) is 0 Å². The second-order valence-electron chi connectivity index (χ2n) is 39.0. The predicted molar refractivity (Wildman–Crippen MR) is 491 cm³/mol. The Bertz CT molecular complexity index is 1780. The van der Waals surface area contributed by atoms with Crippen LogP contribution in [0.15, 0.2) is 0 Å². The average molecular weight is 1550 g/mol. The normalized spacial score (nSPS) is 17.1. The lowest BCUT2D eigenvalue weighted by Crippen LogP contribution is -2.75. The van der Waals surface area contributed by atoms with E-state index >= 15 is 4.79 Å². The van der Waals surface area contributed by atoms with Gasteiger partial charge in [0.15, 0.2) is 0 Å². The van der Waals surface area contributed by atoms with Gasteiger partial charge >= 0.3 is 6.09 Å². The molecule has 0 aromatic carbocycles. The van der Waals surface area contributed by atoms with E-state index in [4.69, 9.17) is 9.47 Å². The van der Waals surface area contributed by atoms with Crippen LogP contribution in [0.4, 0.5) is 4.79 Å². The smallest absolute Gasteiger partial charge is 0.410 e. The maximum atomic E-state index is 16.0. The highest BCUT2D eigenvalue weighted by Crippen LogP contribution is 2.64. The van der Waals surface area contributed by atoms with Crippen LogP contribution in [0.25, 0.3) is 0 Å². The molecule has 0 bridgehead atoms. The zero-order valence-electron chi connectivity index (χ0n) is 77.4. The van der Waals surface area contributed by atoms with Crippen molar-refractivity contribution in [1.82, 2.24) is 4.90 Å². The minimum absolute atomic E-state index is 0.0196. The van der Waals surface area contributed by atoms with E-state index < -0.39 is 5.60 Å². The van der Waals surface area contributed by atoms with Crippen LogP contribution < -0.4 is 0 Å². The number of hydrogen-bond donors (Lipinski definition) is 1. The number of unbranched alkanes of at least 4 members (excludes halogenated alkanes) is 75. The highest BCUT2D eigenvalue weighted by Gasteiger charge is 2.68. The molecule has 1 saturated carbocycles. The van der Waals surface area contributed by atoms with Crippen molar-refractivity contribution in [2.45, 2.75) is 643 Å². The first-order chi connectivity index (χ1) is 54.0. The summed E-state index contributed by atoms with van der Waals surface area (Å²) in [5.74, 6) is 0.351. The Morgan fingerprint density at radius 1 is 0.291 bits per heavy atom. The molecule has 656 valence electrons. The molecule has 1 N–H and O–H groups in total. The van der Waals surface area contributed by atoms with Gasteiger partial charge in [0.05, 0.1) is 17.2 Å². The Morgan fingerprint density at radius 3 is 0.682 bits per heavy atom. The van der Waals surface area contributed by atoms with Crippen molar-refractivity contribution < 1.29 is 19.4 Å². The Kier molecular flexibility index (Phi) is 73.5. The van der Waals surface area contributed by atoms with E-state index in [-0.39, 0.29) is 35.4 Å². The largest absolute Gasteiger partial charge is 0.444 e. The molecular formula is C105H207NO4. The number of likely N-dealkylation sites (tertiary alicyclic amines) is 1. The molecule has 2 rings (SSSR count). The van der Waals surface area contributed by atoms with Crippen LogP contribution in [0.3, 0.4) is 0 Å². The number of nitrogens with zero attached hydrogens (tertiary/aromatic N) is 1. The topological polar surface area (TPSA) is 59.0 Å². The van der Waals surface area contributed by atoms with E-state index in [1.54, 1.807) is 0 Å². The molecule has 1 heterocycles. The van der Waals surface area contributed by atoms with Crippen molar-refractivity contribution in [3.8, 4) is 0 Å². The van der Waals surface area contributed by atoms with E-state index in [2.05, 4.69) is 60.3 Å². The summed E-state index contributed by atoms with van der Waals surface area (Å²) in [4.78, 5) is 18.6. The SMILES string of the molecule is CCCCCCCCCCCCCCCCCCC1(OC2CC(CO)C2)CCN(C(=O)OC(C)(C)C)C(CCCCCCCCCCCCCCCCCC)(CCCCCCCCCCCCCCCCCC)C1(CCCCCCCCCCCCCCCCCC)CCCCCCCCCCCCCCCCCC. The number of ether oxygens (including phenoxy) is 2. The maximum Gasteiger partial charge on any atom is 0.410 e. The average Bonchev–Trinajstić information content (AvgIpc) is 0.693. The summed E-state index contributed by atoms with van der Waals surface area (Å²) in [5.41, 5.74) is -1.42. The third-order valence-corrected chi connectivity index (χ3v) is 27.7. The third-order valence-electron chi connectivity index (χ3n) is 27.7. The molecule has 110 heavy (non-hydrogen) atoms. The molecule has 0 radical (unpaired) electrons. The molecule has 1 aliphatic carbocycles. The molecule has 5 heteroatoms. The molecule has 0 aromatic rings. The lowest BCUT2D eigenvalue weighted by Gasteiger charge is -2.68. The van der Waals surface area contributed by atoms with Crippen molar-refractivity contribution in [2.24, 2.45) is 11.3 Å². The number of rotatable bonds is 88. The molecule has 1 aliphatic heterocycles. The van der Waals surface area contributed by atoms with Gasteiger partial charge in [0.1, 0.15) is 5.60 Å². The Balaban J connectivity index is 2.67. The van der Waals surface area contributed by atoms with Crippen LogP contribution in [0, 0.1) is 11.3 Å². The standard InChI is InChI=1S/C105H207NO4/c1-9-14-19-24-29-34-39-44-49-54-59-64-69-74-79-84-89-103(90-85-80-75-70-65-60-55-50-45-40-35-30-25-20-15-10-2)104(91-86-81-76-71-66-61-56-51-46-41-36-31-26-21-16-11-3,92-87-82-77-72-67-62-57-52-47-42-37-32-27-22-17-12-4)106(101(108)110-102(6,7)8)95-94-105(103,109-100-96-99(97-100)98-107)93-88-83-78-73-68-63-58-53-48-43-38-33-28-23-18-13-5/h99-100,107H,9-98H2,1-8H3. The number of aliphatic hydroxyl groups is 1. The van der Waals surface area contributed by atoms with Crippen molar-refractivity contribution >= 4 is 6.09 Å². The number of piperidine rings is 1. The van der Waals surface area contributed by atoms with E-state index in [0.717, 1.165) is 45.1 Å². The van der Waals surface area contributed by atoms with Crippen LogP contribution >= 0.6 is 0 Å². The van der Waals surface area contributed by atoms with Gasteiger partial charge in [-0.2, -0.15) is 0 Å². The van der Waals surface area contributed by atoms with Gasteiger partial charge in [-0.1, -0.05) is 548 Å². The van der Waals surface area contributed by atoms with E-state index in [9.17, 15) is 5.11 Å². The van der Waals surface area contributed by atoms with Crippen molar-refractivity contribution in [1.29, 1.82) is 0 Å². The fourth-order valence-corrected chi connectivity index (χ4v) is 20.6. The molecule has 1 atom stereocenters. The summed E-state index contributed by atoms with van der Waals surface area (Å²) in [7, 11) is 0. The molecule has 5 nitrogen and oxygen atoms in total. The van der Waals surface area contributed by atoms with Crippen molar-refractivity contribution in [2.75, 3.05) is 13.2 Å². The van der Waals surface area contributed by atoms with Crippen molar-refractivity contribution in [3.05, 3.63) is 0 Å². The van der Waals surface area contributed by atoms with Gasteiger partial charge in [-0.3, -0.25) is 0 Å². The van der Waals surface area contributed by atoms with E-state index in [1.165, 1.54) is 527 Å². The summed E-state index contributed by atoms with van der Waals surface area (Å²) < 4.78 is 15.3. The summed E-state index contributed by atoms with van der Waals surface area (Å²) in [5, 5.41) is 10.7. The minimum atomic E-state index is -0.570. The first-order valence-corrected chi connectivity index (χ1v) is 52.3. The van der Waals surface area contributed by atoms with E-state index in [0.29, 0.717) is 5.92 Å². The molecule has 0 spiro atoms. The predicted octanol–water partition coefficient (Wildman–Crippen LogP) is 37.1. The van der Waals surface area contributed by atoms with Crippen LogP contribution in [-0.4, -0.2) is 52.1 Å². The third kappa shape index (κ3) is 55.0. The molecule has 1 unspecified atom stereocenters. The molecule has 2 fully saturated rings. The fourth-order valence-electron chi connectivity index (χ4n) is 20.6. The van der Waals surface area contributed by atoms with Gasteiger partial charge in [0.25, 0.3) is 0 Å². The number of carbonyl (C=O) groups excluding carboxylic acids is 1. The van der Waals surface area contributed by atoms with Gasteiger partial charge in [0, 0.05) is 18.6 Å². The van der Waals surface area contributed by atoms with Gasteiger partial charge in [-0.25, -0.2) is 4.79 Å². The monoisotopic (exact) mass is 1550 g/mol. The lowest BCUT2D eigenvalue weighted by molar-refractivity contribution is -0.272. The van der Waals surface area contributed by atoms with Gasteiger partial charge < -0.3 is 19.5 Å². The lowest BCUT2D eigenvalue weighted by atomic mass is 9.48. The highest BCUT2D eigenvalue weighted by atomic mass is 16.6. The fraction of sp³-hybridized carbons (Fsp3) is 0.990. The first kappa shape index (κ1) is 105. The molecule has 1 saturated heterocycles. The van der Waals surface area contributed by atoms with Crippen LogP contribution in [0.1, 0.15) is 620 Å². The van der Waals surface area contributed by atoms with Crippen LogP contribution in [0.5, 0.6) is 0 Å². The number of hydrogen-bond acceptors (Lipinski definition) is 4.